The molecule has 0 radical (unpaired) electrons. The zero-order chi connectivity index (χ0) is 15.7. The molecule has 0 saturated carbocycles. The largest absolute Gasteiger partial charge is 0.346 e. The molecule has 4 aliphatic rings. The molecule has 0 N–H and O–H groups in total. The standard InChI is InChI=1S/C20H22N2O/c1-3-12-10-22-18-9-15-13-6-4-5-7-17(13)21(2)20(15)19(22)8-14(12)16(18)11-23/h3-7,11,14,16,18-19H,8-10H2,1-2H3/b12-3-/t14-,16-,18-,19-/m0/s1. The van der Waals surface area contributed by atoms with E-state index in [1.54, 1.807) is 0 Å². The summed E-state index contributed by atoms with van der Waals surface area (Å²) < 4.78 is 2.40. The van der Waals surface area contributed by atoms with Gasteiger partial charge in [0.25, 0.3) is 0 Å². The van der Waals surface area contributed by atoms with Gasteiger partial charge in [0.2, 0.25) is 0 Å². The summed E-state index contributed by atoms with van der Waals surface area (Å²) in [4.78, 5) is 14.4. The molecule has 4 aliphatic heterocycles. The van der Waals surface area contributed by atoms with Crippen LogP contribution in [0.25, 0.3) is 10.9 Å². The highest BCUT2D eigenvalue weighted by atomic mass is 16.1. The number of para-hydroxylation sites is 1. The van der Waals surface area contributed by atoms with Crippen molar-refractivity contribution in [2.75, 3.05) is 6.54 Å². The molecular formula is C20H22N2O. The highest BCUT2D eigenvalue weighted by molar-refractivity contribution is 5.86. The fourth-order valence-electron chi connectivity index (χ4n) is 5.56. The van der Waals surface area contributed by atoms with Crippen LogP contribution in [-0.4, -0.2) is 28.3 Å². The molecule has 3 heteroatoms. The van der Waals surface area contributed by atoms with Crippen molar-refractivity contribution < 1.29 is 4.79 Å². The quantitative estimate of drug-likeness (QED) is 0.597. The molecule has 0 spiro atoms. The van der Waals surface area contributed by atoms with Gasteiger partial charge in [-0.3, -0.25) is 4.90 Å². The molecule has 118 valence electrons. The summed E-state index contributed by atoms with van der Waals surface area (Å²) in [5, 5.41) is 1.38. The maximum atomic E-state index is 11.8. The summed E-state index contributed by atoms with van der Waals surface area (Å²) in [6.45, 7) is 3.17. The van der Waals surface area contributed by atoms with E-state index in [0.29, 0.717) is 18.0 Å². The minimum absolute atomic E-state index is 0.165. The van der Waals surface area contributed by atoms with Crippen LogP contribution in [0.2, 0.25) is 0 Å². The van der Waals surface area contributed by atoms with Crippen molar-refractivity contribution in [3.05, 3.63) is 47.2 Å². The van der Waals surface area contributed by atoms with Crippen LogP contribution < -0.4 is 0 Å². The van der Waals surface area contributed by atoms with E-state index in [1.165, 1.54) is 34.0 Å². The summed E-state index contributed by atoms with van der Waals surface area (Å²) in [6, 6.07) is 9.59. The first-order chi connectivity index (χ1) is 11.2. The number of hydrogen-bond acceptors (Lipinski definition) is 2. The number of aldehydes is 1. The van der Waals surface area contributed by atoms with Gasteiger partial charge in [-0.1, -0.05) is 29.8 Å². The van der Waals surface area contributed by atoms with Crippen molar-refractivity contribution in [3.63, 3.8) is 0 Å². The van der Waals surface area contributed by atoms with Crippen molar-refractivity contribution in [2.45, 2.75) is 31.8 Å². The van der Waals surface area contributed by atoms with Crippen molar-refractivity contribution in [3.8, 4) is 0 Å². The lowest BCUT2D eigenvalue weighted by Gasteiger charge is -2.57. The van der Waals surface area contributed by atoms with Crippen molar-refractivity contribution >= 4 is 17.2 Å². The number of hydrogen-bond donors (Lipinski definition) is 0. The van der Waals surface area contributed by atoms with E-state index in [0.717, 1.165) is 19.4 Å². The molecule has 2 aromatic rings. The Bertz CT molecular complexity index is 847. The van der Waals surface area contributed by atoms with E-state index in [1.807, 2.05) is 0 Å². The molecule has 23 heavy (non-hydrogen) atoms. The fraction of sp³-hybridized carbons (Fsp3) is 0.450. The highest BCUT2D eigenvalue weighted by Gasteiger charge is 2.53. The minimum atomic E-state index is 0.165. The predicted octanol–water partition coefficient (Wildman–Crippen LogP) is 3.24. The first-order valence-electron chi connectivity index (χ1n) is 8.67. The van der Waals surface area contributed by atoms with E-state index >= 15 is 0 Å². The third kappa shape index (κ3) is 1.56. The zero-order valence-electron chi connectivity index (χ0n) is 13.7. The van der Waals surface area contributed by atoms with Crippen LogP contribution in [0.15, 0.2) is 35.9 Å². The number of nitrogens with zero attached hydrogens (tertiary/aromatic N) is 2. The number of fused-ring (bicyclic) bond motifs is 4. The maximum Gasteiger partial charge on any atom is 0.125 e. The summed E-state index contributed by atoms with van der Waals surface area (Å²) in [7, 11) is 2.21. The number of benzene rings is 1. The normalized spacial score (nSPS) is 36.4. The fourth-order valence-corrected chi connectivity index (χ4v) is 5.56. The van der Waals surface area contributed by atoms with Crippen molar-refractivity contribution in [2.24, 2.45) is 18.9 Å². The summed E-state index contributed by atoms with van der Waals surface area (Å²) in [6.07, 6.45) is 5.59. The second-order valence-electron chi connectivity index (χ2n) is 7.32. The molecule has 3 saturated heterocycles. The zero-order valence-corrected chi connectivity index (χ0v) is 13.7. The van der Waals surface area contributed by atoms with Crippen LogP contribution in [0.4, 0.5) is 0 Å². The minimum Gasteiger partial charge on any atom is -0.346 e. The average molecular weight is 306 g/mol. The molecule has 5 atom stereocenters. The molecule has 4 bridgehead atoms. The predicted molar refractivity (Wildman–Crippen MR) is 91.3 cm³/mol. The topological polar surface area (TPSA) is 25.2 Å². The molecule has 0 aliphatic carbocycles. The van der Waals surface area contributed by atoms with Gasteiger partial charge in [-0.25, -0.2) is 0 Å². The van der Waals surface area contributed by atoms with Crippen LogP contribution in [0, 0.1) is 11.8 Å². The number of carbonyl (C=O) groups is 1. The number of aromatic nitrogens is 1. The SMILES string of the molecule is C/C=C1/CN2[C@H]3C[C@@H]1[C@H](C=O)[C@@H]2Cc1c3n(C)c2ccccc12. The van der Waals surface area contributed by atoms with E-state index < -0.39 is 0 Å². The molecule has 1 unspecified atom stereocenters. The van der Waals surface area contributed by atoms with Crippen LogP contribution in [0.1, 0.15) is 30.6 Å². The van der Waals surface area contributed by atoms with Gasteiger partial charge in [0, 0.05) is 42.1 Å². The van der Waals surface area contributed by atoms with Crippen LogP contribution >= 0.6 is 0 Å². The molecule has 3 nitrogen and oxygen atoms in total. The van der Waals surface area contributed by atoms with E-state index in [9.17, 15) is 4.79 Å². The van der Waals surface area contributed by atoms with Gasteiger partial charge < -0.3 is 9.36 Å². The Morgan fingerprint density at radius 3 is 2.87 bits per heavy atom. The van der Waals surface area contributed by atoms with Crippen LogP contribution in [0.3, 0.4) is 0 Å². The molecule has 6 rings (SSSR count). The summed E-state index contributed by atoms with van der Waals surface area (Å²) >= 11 is 0. The van der Waals surface area contributed by atoms with E-state index in [4.69, 9.17) is 0 Å². The first kappa shape index (κ1) is 13.6. The molecule has 0 amide bonds. The Balaban J connectivity index is 1.74. The van der Waals surface area contributed by atoms with Crippen LogP contribution in [0.5, 0.6) is 0 Å². The lowest BCUT2D eigenvalue weighted by molar-refractivity contribution is -0.121. The molecule has 1 aromatic heterocycles. The monoisotopic (exact) mass is 306 g/mol. The lowest BCUT2D eigenvalue weighted by Crippen LogP contribution is -2.60. The van der Waals surface area contributed by atoms with Gasteiger partial charge in [-0.2, -0.15) is 0 Å². The van der Waals surface area contributed by atoms with Gasteiger partial charge in [0.1, 0.15) is 6.29 Å². The second-order valence-corrected chi connectivity index (χ2v) is 7.32. The maximum absolute atomic E-state index is 11.8. The van der Waals surface area contributed by atoms with Gasteiger partial charge in [0.15, 0.2) is 0 Å². The molecule has 5 heterocycles. The smallest absolute Gasteiger partial charge is 0.125 e. The van der Waals surface area contributed by atoms with Gasteiger partial charge in [0.05, 0.1) is 6.04 Å². The van der Waals surface area contributed by atoms with Crippen LogP contribution in [-0.2, 0) is 18.3 Å². The van der Waals surface area contributed by atoms with Crippen molar-refractivity contribution in [1.29, 1.82) is 0 Å². The van der Waals surface area contributed by atoms with E-state index in [-0.39, 0.29) is 5.92 Å². The Labute approximate surface area is 136 Å². The number of allylic oxidation sites excluding steroid dienone is 1. The molecule has 1 aromatic carbocycles. The number of piperidine rings is 3. The van der Waals surface area contributed by atoms with Crippen molar-refractivity contribution in [1.82, 2.24) is 9.47 Å². The van der Waals surface area contributed by atoms with Gasteiger partial charge in [-0.15, -0.1) is 0 Å². The number of aryl methyl sites for hydroxylation is 1. The second kappa shape index (κ2) is 4.57. The van der Waals surface area contributed by atoms with Gasteiger partial charge in [-0.05, 0) is 37.3 Å². The Morgan fingerprint density at radius 1 is 1.26 bits per heavy atom. The number of rotatable bonds is 1. The number of carbonyl (C=O) groups excluding carboxylic acids is 1. The molecule has 3 fully saturated rings. The highest BCUT2D eigenvalue weighted by Crippen LogP contribution is 2.54. The van der Waals surface area contributed by atoms with Gasteiger partial charge >= 0.3 is 0 Å². The Hall–Kier alpha value is -1.87. The Kier molecular flexibility index (Phi) is 2.70. The average Bonchev–Trinajstić information content (AvgIpc) is 2.87. The Morgan fingerprint density at radius 2 is 2.09 bits per heavy atom. The molecular weight excluding hydrogens is 284 g/mol. The third-order valence-electron chi connectivity index (χ3n) is 6.57. The third-order valence-corrected chi connectivity index (χ3v) is 6.57. The summed E-state index contributed by atoms with van der Waals surface area (Å²) in [5.74, 6) is 0.613. The van der Waals surface area contributed by atoms with E-state index in [2.05, 4.69) is 53.8 Å². The summed E-state index contributed by atoms with van der Waals surface area (Å²) in [5.41, 5.74) is 5.78. The lowest BCUT2D eigenvalue weighted by atomic mass is 9.64. The first-order valence-corrected chi connectivity index (χ1v) is 8.67.